The lowest BCUT2D eigenvalue weighted by atomic mass is 9.80. The van der Waals surface area contributed by atoms with E-state index < -0.39 is 0 Å². The molecule has 0 aliphatic carbocycles. The smallest absolute Gasteiger partial charge is 0.222 e. The zero-order chi connectivity index (χ0) is 14.1. The maximum absolute atomic E-state index is 12.0. The molecule has 1 atom stereocenters. The number of nitrogens with zero attached hydrogens (tertiary/aromatic N) is 1. The summed E-state index contributed by atoms with van der Waals surface area (Å²) in [4.78, 5) is 14.5. The van der Waals surface area contributed by atoms with Crippen LogP contribution in [0.1, 0.15) is 47.5 Å². The summed E-state index contributed by atoms with van der Waals surface area (Å²) in [5.74, 6) is 0.728. The fourth-order valence-corrected chi connectivity index (χ4v) is 2.21. The molecule has 0 radical (unpaired) electrons. The molecule has 0 aromatic heterocycles. The van der Waals surface area contributed by atoms with Gasteiger partial charge < -0.3 is 10.6 Å². The van der Waals surface area contributed by atoms with E-state index in [1.807, 2.05) is 18.7 Å². The number of carbonyl (C=O) groups is 1. The lowest BCUT2D eigenvalue weighted by Gasteiger charge is -2.28. The van der Waals surface area contributed by atoms with Crippen molar-refractivity contribution in [3.8, 4) is 0 Å². The van der Waals surface area contributed by atoms with Gasteiger partial charge in [0.05, 0.1) is 4.99 Å². The van der Waals surface area contributed by atoms with E-state index in [0.717, 1.165) is 19.5 Å². The molecule has 0 spiro atoms. The van der Waals surface area contributed by atoms with Crippen LogP contribution < -0.4 is 5.73 Å². The molecule has 4 heteroatoms. The van der Waals surface area contributed by atoms with E-state index in [-0.39, 0.29) is 16.7 Å². The van der Waals surface area contributed by atoms with Crippen LogP contribution in [-0.4, -0.2) is 28.9 Å². The molecule has 1 amide bonds. The SMILES string of the molecule is CC(C)(CCN1CC(C(C)(C)C)CC1=O)C(N)=S. The Bertz CT molecular complexity index is 344. The summed E-state index contributed by atoms with van der Waals surface area (Å²) < 4.78 is 0. The summed E-state index contributed by atoms with van der Waals surface area (Å²) in [6.07, 6.45) is 1.52. The fourth-order valence-electron chi connectivity index (χ4n) is 2.11. The molecule has 1 fully saturated rings. The molecule has 0 bridgehead atoms. The number of likely N-dealkylation sites (tertiary alicyclic amines) is 1. The van der Waals surface area contributed by atoms with Gasteiger partial charge in [-0.25, -0.2) is 0 Å². The molecular formula is C14H26N2OS. The van der Waals surface area contributed by atoms with Crippen molar-refractivity contribution in [1.29, 1.82) is 0 Å². The van der Waals surface area contributed by atoms with Gasteiger partial charge in [0, 0.05) is 24.9 Å². The summed E-state index contributed by atoms with van der Waals surface area (Å²) in [5.41, 5.74) is 5.74. The van der Waals surface area contributed by atoms with Gasteiger partial charge in [0.15, 0.2) is 0 Å². The Kier molecular flexibility index (Phi) is 4.42. The second-order valence-corrected chi connectivity index (χ2v) is 7.54. The molecule has 2 N–H and O–H groups in total. The van der Waals surface area contributed by atoms with E-state index in [1.54, 1.807) is 0 Å². The van der Waals surface area contributed by atoms with Crippen LogP contribution in [0.2, 0.25) is 0 Å². The predicted octanol–water partition coefficient (Wildman–Crippen LogP) is 2.58. The van der Waals surface area contributed by atoms with Crippen molar-refractivity contribution in [2.24, 2.45) is 22.5 Å². The molecule has 1 heterocycles. The van der Waals surface area contributed by atoms with Crippen LogP contribution >= 0.6 is 12.2 Å². The summed E-state index contributed by atoms with van der Waals surface area (Å²) in [6, 6.07) is 0. The normalized spacial score (nSPS) is 21.5. The van der Waals surface area contributed by atoms with Crippen LogP contribution in [0.4, 0.5) is 0 Å². The Labute approximate surface area is 116 Å². The fraction of sp³-hybridized carbons (Fsp3) is 0.857. The van der Waals surface area contributed by atoms with Gasteiger partial charge in [0.2, 0.25) is 5.91 Å². The first kappa shape index (κ1) is 15.4. The number of amides is 1. The molecule has 1 aliphatic heterocycles. The van der Waals surface area contributed by atoms with E-state index in [4.69, 9.17) is 18.0 Å². The van der Waals surface area contributed by atoms with Crippen molar-refractivity contribution in [3.63, 3.8) is 0 Å². The third-order valence-electron chi connectivity index (χ3n) is 4.11. The first-order valence-electron chi connectivity index (χ1n) is 6.62. The van der Waals surface area contributed by atoms with Crippen molar-refractivity contribution in [2.45, 2.75) is 47.5 Å². The Balaban J connectivity index is 2.55. The molecule has 1 rings (SSSR count). The molecule has 1 aliphatic rings. The highest BCUT2D eigenvalue weighted by molar-refractivity contribution is 7.80. The molecule has 0 saturated carbocycles. The van der Waals surface area contributed by atoms with Crippen LogP contribution in [0.3, 0.4) is 0 Å². The van der Waals surface area contributed by atoms with Crippen LogP contribution in [-0.2, 0) is 4.79 Å². The summed E-state index contributed by atoms with van der Waals surface area (Å²) in [6.45, 7) is 12.3. The van der Waals surface area contributed by atoms with Gasteiger partial charge in [0.1, 0.15) is 0 Å². The van der Waals surface area contributed by atoms with Gasteiger partial charge in [-0.15, -0.1) is 0 Å². The quantitative estimate of drug-likeness (QED) is 0.799. The van der Waals surface area contributed by atoms with Gasteiger partial charge >= 0.3 is 0 Å². The van der Waals surface area contributed by atoms with Crippen molar-refractivity contribution >= 4 is 23.1 Å². The van der Waals surface area contributed by atoms with Crippen LogP contribution in [0.5, 0.6) is 0 Å². The highest BCUT2D eigenvalue weighted by atomic mass is 32.1. The van der Waals surface area contributed by atoms with Crippen molar-refractivity contribution in [2.75, 3.05) is 13.1 Å². The number of rotatable bonds is 4. The van der Waals surface area contributed by atoms with E-state index in [9.17, 15) is 4.79 Å². The number of hydrogen-bond acceptors (Lipinski definition) is 2. The number of carbonyl (C=O) groups excluding carboxylic acids is 1. The number of hydrogen-bond donors (Lipinski definition) is 1. The Hall–Kier alpha value is -0.640. The van der Waals surface area contributed by atoms with E-state index in [1.165, 1.54) is 0 Å². The highest BCUT2D eigenvalue weighted by Gasteiger charge is 2.37. The minimum absolute atomic E-state index is 0.171. The maximum atomic E-state index is 12.0. The predicted molar refractivity (Wildman–Crippen MR) is 79.3 cm³/mol. The Morgan fingerprint density at radius 1 is 1.39 bits per heavy atom. The lowest BCUT2D eigenvalue weighted by Crippen LogP contribution is -2.36. The molecule has 1 unspecified atom stereocenters. The standard InChI is InChI=1S/C14H26N2OS/c1-13(2,3)10-8-11(17)16(9-10)7-6-14(4,5)12(15)18/h10H,6-9H2,1-5H3,(H2,15,18). The van der Waals surface area contributed by atoms with Crippen molar-refractivity contribution in [1.82, 2.24) is 4.90 Å². The van der Waals surface area contributed by atoms with Crippen molar-refractivity contribution < 1.29 is 4.79 Å². The van der Waals surface area contributed by atoms with E-state index >= 15 is 0 Å². The minimum Gasteiger partial charge on any atom is -0.393 e. The number of nitrogens with two attached hydrogens (primary N) is 1. The molecule has 3 nitrogen and oxygen atoms in total. The minimum atomic E-state index is -0.171. The van der Waals surface area contributed by atoms with Gasteiger partial charge in [-0.2, -0.15) is 0 Å². The highest BCUT2D eigenvalue weighted by Crippen LogP contribution is 2.34. The van der Waals surface area contributed by atoms with Gasteiger partial charge in [0.25, 0.3) is 0 Å². The summed E-state index contributed by atoms with van der Waals surface area (Å²) >= 11 is 5.06. The summed E-state index contributed by atoms with van der Waals surface area (Å²) in [5, 5.41) is 0. The average Bonchev–Trinajstić information content (AvgIpc) is 2.56. The lowest BCUT2D eigenvalue weighted by molar-refractivity contribution is -0.127. The van der Waals surface area contributed by atoms with Gasteiger partial charge in [-0.1, -0.05) is 46.8 Å². The van der Waals surface area contributed by atoms with Crippen LogP contribution in [0.15, 0.2) is 0 Å². The average molecular weight is 270 g/mol. The third-order valence-corrected chi connectivity index (χ3v) is 4.67. The molecular weight excluding hydrogens is 244 g/mol. The summed E-state index contributed by atoms with van der Waals surface area (Å²) in [7, 11) is 0. The Morgan fingerprint density at radius 2 is 1.94 bits per heavy atom. The van der Waals surface area contributed by atoms with Crippen LogP contribution in [0.25, 0.3) is 0 Å². The molecule has 1 saturated heterocycles. The number of thiocarbonyl (C=S) groups is 1. The van der Waals surface area contributed by atoms with Crippen LogP contribution in [0, 0.1) is 16.7 Å². The van der Waals surface area contributed by atoms with E-state index in [0.29, 0.717) is 17.3 Å². The second-order valence-electron chi connectivity index (χ2n) is 7.10. The first-order valence-corrected chi connectivity index (χ1v) is 7.02. The maximum Gasteiger partial charge on any atom is 0.222 e. The van der Waals surface area contributed by atoms with Crippen molar-refractivity contribution in [3.05, 3.63) is 0 Å². The first-order chi connectivity index (χ1) is 8.04. The van der Waals surface area contributed by atoms with Gasteiger partial charge in [-0.3, -0.25) is 4.79 Å². The van der Waals surface area contributed by atoms with Gasteiger partial charge in [-0.05, 0) is 17.8 Å². The third kappa shape index (κ3) is 3.67. The second kappa shape index (κ2) is 5.16. The molecule has 104 valence electrons. The zero-order valence-electron chi connectivity index (χ0n) is 12.2. The zero-order valence-corrected chi connectivity index (χ0v) is 13.1. The van der Waals surface area contributed by atoms with E-state index in [2.05, 4.69) is 20.8 Å². The molecule has 0 aromatic rings. The molecule has 0 aromatic carbocycles. The Morgan fingerprint density at radius 3 is 2.33 bits per heavy atom. The monoisotopic (exact) mass is 270 g/mol. The topological polar surface area (TPSA) is 46.3 Å². The largest absolute Gasteiger partial charge is 0.393 e. The molecule has 18 heavy (non-hydrogen) atoms.